The molecule has 0 fully saturated rings. The molecule has 1 aromatic rings. The minimum Gasteiger partial charge on any atom is -0.386 e. The lowest BCUT2D eigenvalue weighted by atomic mass is 9.79. The summed E-state index contributed by atoms with van der Waals surface area (Å²) in [6.07, 6.45) is -3.48. The zero-order valence-corrected chi connectivity index (χ0v) is 11.7. The zero-order valence-electron chi connectivity index (χ0n) is 11.7. The summed E-state index contributed by atoms with van der Waals surface area (Å²) in [6, 6.07) is 10.2. The lowest BCUT2D eigenvalue weighted by Crippen LogP contribution is -2.39. The monoisotopic (exact) mass is 271 g/mol. The number of halogens is 2. The summed E-state index contributed by atoms with van der Waals surface area (Å²) < 4.78 is 24.4. The van der Waals surface area contributed by atoms with Crippen molar-refractivity contribution >= 4 is 0 Å². The standard InChI is InChI=1S/C15H23F2NO/c1-11(18-10-13(19)14(16)17)9-15(2,3)12-7-5-4-6-8-12/h4-8,11,13-14,18-19H,9-10H2,1-3H3. The minimum atomic E-state index is -2.69. The molecule has 0 saturated carbocycles. The molecule has 108 valence electrons. The maximum absolute atomic E-state index is 12.2. The minimum absolute atomic E-state index is 0.0382. The van der Waals surface area contributed by atoms with Crippen molar-refractivity contribution in [1.29, 1.82) is 0 Å². The molecule has 2 atom stereocenters. The summed E-state index contributed by atoms with van der Waals surface area (Å²) in [5, 5.41) is 12.0. The summed E-state index contributed by atoms with van der Waals surface area (Å²) >= 11 is 0. The average molecular weight is 271 g/mol. The van der Waals surface area contributed by atoms with Gasteiger partial charge in [-0.05, 0) is 24.3 Å². The Hall–Kier alpha value is -1.00. The highest BCUT2D eigenvalue weighted by Crippen LogP contribution is 2.28. The van der Waals surface area contributed by atoms with Crippen LogP contribution in [0.25, 0.3) is 0 Å². The van der Waals surface area contributed by atoms with E-state index in [2.05, 4.69) is 31.3 Å². The van der Waals surface area contributed by atoms with Crippen molar-refractivity contribution in [2.75, 3.05) is 6.54 Å². The second-order valence-electron chi connectivity index (χ2n) is 5.67. The number of hydrogen-bond acceptors (Lipinski definition) is 2. The maximum atomic E-state index is 12.2. The molecule has 1 aromatic carbocycles. The van der Waals surface area contributed by atoms with Gasteiger partial charge in [0.2, 0.25) is 0 Å². The largest absolute Gasteiger partial charge is 0.386 e. The van der Waals surface area contributed by atoms with E-state index in [0.29, 0.717) is 0 Å². The van der Waals surface area contributed by atoms with Crippen LogP contribution < -0.4 is 5.32 Å². The Kier molecular flexibility index (Phi) is 5.88. The van der Waals surface area contributed by atoms with E-state index < -0.39 is 12.5 Å². The summed E-state index contributed by atoms with van der Waals surface area (Å²) in [5.74, 6) is 0. The fourth-order valence-corrected chi connectivity index (χ4v) is 2.26. The number of aliphatic hydroxyl groups excluding tert-OH is 1. The Morgan fingerprint density at radius 2 is 1.79 bits per heavy atom. The summed E-state index contributed by atoms with van der Waals surface area (Å²) in [5.41, 5.74) is 1.18. The topological polar surface area (TPSA) is 32.3 Å². The first kappa shape index (κ1) is 16.1. The van der Waals surface area contributed by atoms with Crippen LogP contribution in [0, 0.1) is 0 Å². The molecular formula is C15H23F2NO. The van der Waals surface area contributed by atoms with Crippen molar-refractivity contribution in [1.82, 2.24) is 5.32 Å². The van der Waals surface area contributed by atoms with Gasteiger partial charge in [0, 0.05) is 12.6 Å². The highest BCUT2D eigenvalue weighted by atomic mass is 19.3. The summed E-state index contributed by atoms with van der Waals surface area (Å²) in [6.45, 7) is 6.13. The third-order valence-electron chi connectivity index (χ3n) is 3.34. The first-order valence-electron chi connectivity index (χ1n) is 6.58. The van der Waals surface area contributed by atoms with E-state index in [4.69, 9.17) is 5.11 Å². The Labute approximate surface area is 113 Å². The molecule has 0 amide bonds. The lowest BCUT2D eigenvalue weighted by Gasteiger charge is -2.29. The Bertz CT molecular complexity index is 368. The van der Waals surface area contributed by atoms with E-state index in [-0.39, 0.29) is 18.0 Å². The van der Waals surface area contributed by atoms with Gasteiger partial charge in [0.05, 0.1) is 0 Å². The van der Waals surface area contributed by atoms with E-state index in [1.165, 1.54) is 5.56 Å². The predicted molar refractivity (Wildman–Crippen MR) is 73.6 cm³/mol. The third kappa shape index (κ3) is 5.25. The van der Waals surface area contributed by atoms with Crippen molar-refractivity contribution in [3.63, 3.8) is 0 Å². The molecule has 0 spiro atoms. The Morgan fingerprint density at radius 3 is 2.32 bits per heavy atom. The van der Waals surface area contributed by atoms with Crippen LogP contribution in [0.2, 0.25) is 0 Å². The van der Waals surface area contributed by atoms with Crippen molar-refractivity contribution in [3.05, 3.63) is 35.9 Å². The van der Waals surface area contributed by atoms with Crippen molar-refractivity contribution in [3.8, 4) is 0 Å². The first-order chi connectivity index (χ1) is 8.83. The normalized spacial score (nSPS) is 15.5. The molecule has 0 aliphatic heterocycles. The second-order valence-corrected chi connectivity index (χ2v) is 5.67. The molecule has 0 saturated heterocycles. The van der Waals surface area contributed by atoms with Gasteiger partial charge in [-0.25, -0.2) is 8.78 Å². The van der Waals surface area contributed by atoms with Gasteiger partial charge in [0.15, 0.2) is 0 Å². The van der Waals surface area contributed by atoms with Crippen LogP contribution in [0.15, 0.2) is 30.3 Å². The Balaban J connectivity index is 2.49. The second kappa shape index (κ2) is 6.96. The molecule has 2 unspecified atom stereocenters. The molecule has 2 N–H and O–H groups in total. The average Bonchev–Trinajstić information content (AvgIpc) is 2.36. The fourth-order valence-electron chi connectivity index (χ4n) is 2.26. The molecule has 0 aliphatic carbocycles. The molecule has 0 heterocycles. The highest BCUT2D eigenvalue weighted by Gasteiger charge is 2.24. The summed E-state index contributed by atoms with van der Waals surface area (Å²) in [4.78, 5) is 0. The van der Waals surface area contributed by atoms with E-state index in [9.17, 15) is 8.78 Å². The molecule has 0 aromatic heterocycles. The fraction of sp³-hybridized carbons (Fsp3) is 0.600. The van der Waals surface area contributed by atoms with Gasteiger partial charge < -0.3 is 10.4 Å². The van der Waals surface area contributed by atoms with Crippen LogP contribution >= 0.6 is 0 Å². The number of benzene rings is 1. The maximum Gasteiger partial charge on any atom is 0.265 e. The van der Waals surface area contributed by atoms with E-state index >= 15 is 0 Å². The van der Waals surface area contributed by atoms with Crippen LogP contribution in [0.3, 0.4) is 0 Å². The summed E-state index contributed by atoms with van der Waals surface area (Å²) in [7, 11) is 0. The van der Waals surface area contributed by atoms with Crippen LogP contribution in [-0.2, 0) is 5.41 Å². The van der Waals surface area contributed by atoms with Crippen molar-refractivity contribution < 1.29 is 13.9 Å². The molecular weight excluding hydrogens is 248 g/mol. The molecule has 19 heavy (non-hydrogen) atoms. The van der Waals surface area contributed by atoms with Gasteiger partial charge >= 0.3 is 0 Å². The van der Waals surface area contributed by atoms with Gasteiger partial charge in [0.25, 0.3) is 6.43 Å². The predicted octanol–water partition coefficient (Wildman–Crippen LogP) is 2.96. The van der Waals surface area contributed by atoms with E-state index in [0.717, 1.165) is 6.42 Å². The van der Waals surface area contributed by atoms with Crippen LogP contribution in [0.4, 0.5) is 8.78 Å². The molecule has 0 radical (unpaired) electrons. The van der Waals surface area contributed by atoms with E-state index in [1.807, 2.05) is 25.1 Å². The van der Waals surface area contributed by atoms with Crippen LogP contribution in [0.5, 0.6) is 0 Å². The first-order valence-corrected chi connectivity index (χ1v) is 6.58. The third-order valence-corrected chi connectivity index (χ3v) is 3.34. The van der Waals surface area contributed by atoms with Gasteiger partial charge in [0.1, 0.15) is 6.10 Å². The molecule has 0 aliphatic rings. The molecule has 2 nitrogen and oxygen atoms in total. The van der Waals surface area contributed by atoms with Gasteiger partial charge in [-0.15, -0.1) is 0 Å². The van der Waals surface area contributed by atoms with Gasteiger partial charge in [-0.2, -0.15) is 0 Å². The number of hydrogen-bond donors (Lipinski definition) is 2. The van der Waals surface area contributed by atoms with E-state index in [1.54, 1.807) is 0 Å². The number of alkyl halides is 2. The zero-order chi connectivity index (χ0) is 14.5. The molecule has 0 bridgehead atoms. The van der Waals surface area contributed by atoms with Gasteiger partial charge in [-0.1, -0.05) is 44.2 Å². The number of nitrogens with one attached hydrogen (secondary N) is 1. The highest BCUT2D eigenvalue weighted by molar-refractivity contribution is 5.23. The number of aliphatic hydroxyl groups is 1. The van der Waals surface area contributed by atoms with Gasteiger partial charge in [-0.3, -0.25) is 0 Å². The Morgan fingerprint density at radius 1 is 1.21 bits per heavy atom. The number of rotatable bonds is 7. The SMILES string of the molecule is CC(CC(C)(C)c1ccccc1)NCC(O)C(F)F. The van der Waals surface area contributed by atoms with Crippen molar-refractivity contribution in [2.45, 2.75) is 51.2 Å². The van der Waals surface area contributed by atoms with Crippen LogP contribution in [0.1, 0.15) is 32.8 Å². The molecule has 1 rings (SSSR count). The van der Waals surface area contributed by atoms with Crippen LogP contribution in [-0.4, -0.2) is 30.2 Å². The smallest absolute Gasteiger partial charge is 0.265 e. The van der Waals surface area contributed by atoms with Crippen molar-refractivity contribution in [2.24, 2.45) is 0 Å². The quantitative estimate of drug-likeness (QED) is 0.799. The molecule has 4 heteroatoms. The lowest BCUT2D eigenvalue weighted by molar-refractivity contribution is -0.00470.